The number of fused-ring (bicyclic) bond motifs is 5. The summed E-state index contributed by atoms with van der Waals surface area (Å²) >= 11 is 5.25. The topological polar surface area (TPSA) is 14.2 Å². The summed E-state index contributed by atoms with van der Waals surface area (Å²) in [6, 6.07) is 15.4. The summed E-state index contributed by atoms with van der Waals surface area (Å²) in [7, 11) is 5.88. The Morgan fingerprint density at radius 1 is 1.19 bits per heavy atom. The SMILES string of the molecule is [B]c1cc(F)c2c(c1)OC(c1ccc(CC)s1)n1c-2cc2cc(Br)ccc21. The van der Waals surface area contributed by atoms with Gasteiger partial charge in [-0.2, -0.15) is 0 Å². The van der Waals surface area contributed by atoms with E-state index in [4.69, 9.17) is 12.6 Å². The normalized spacial score (nSPS) is 15.4. The first-order valence-electron chi connectivity index (χ1n) is 8.70. The van der Waals surface area contributed by atoms with Crippen LogP contribution in [0.2, 0.25) is 0 Å². The average Bonchev–Trinajstić information content (AvgIpc) is 3.24. The lowest BCUT2D eigenvalue weighted by Gasteiger charge is -2.30. The Morgan fingerprint density at radius 3 is 2.81 bits per heavy atom. The van der Waals surface area contributed by atoms with Crippen molar-refractivity contribution in [2.75, 3.05) is 0 Å². The third-order valence-electron chi connectivity index (χ3n) is 4.88. The van der Waals surface area contributed by atoms with Crippen LogP contribution in [-0.2, 0) is 6.42 Å². The molecule has 2 radical (unpaired) electrons. The van der Waals surface area contributed by atoms with Crippen molar-refractivity contribution in [2.45, 2.75) is 19.6 Å². The molecule has 0 spiro atoms. The van der Waals surface area contributed by atoms with Crippen LogP contribution in [0.25, 0.3) is 22.2 Å². The average molecular weight is 438 g/mol. The van der Waals surface area contributed by atoms with Crippen LogP contribution < -0.4 is 10.2 Å². The maximum atomic E-state index is 14.8. The van der Waals surface area contributed by atoms with Gasteiger partial charge in [0.2, 0.25) is 6.23 Å². The first-order chi connectivity index (χ1) is 13.0. The lowest BCUT2D eigenvalue weighted by molar-refractivity contribution is 0.176. The number of aryl methyl sites for hydroxylation is 1. The number of hydrogen-bond donors (Lipinski definition) is 0. The standard InChI is InChI=1S/C21H14BBrFNOS/c1-2-14-4-6-19(27-14)21-25-16-5-3-13(23)7-11(16)8-17(25)20-15(24)9-12(22)10-18(20)26-21/h3-10,21H,2H2,1H3. The van der Waals surface area contributed by atoms with Gasteiger partial charge in [0, 0.05) is 14.7 Å². The van der Waals surface area contributed by atoms with Gasteiger partial charge in [-0.3, -0.25) is 4.57 Å². The van der Waals surface area contributed by atoms with E-state index in [0.29, 0.717) is 16.8 Å². The number of halogens is 2. The number of hydrogen-bond acceptors (Lipinski definition) is 2. The van der Waals surface area contributed by atoms with Gasteiger partial charge in [0.05, 0.1) is 21.7 Å². The van der Waals surface area contributed by atoms with E-state index in [1.165, 1.54) is 10.9 Å². The zero-order valence-electron chi connectivity index (χ0n) is 14.5. The van der Waals surface area contributed by atoms with E-state index in [1.807, 2.05) is 24.3 Å². The maximum absolute atomic E-state index is 14.8. The van der Waals surface area contributed by atoms with E-state index in [1.54, 1.807) is 17.4 Å². The molecule has 2 nitrogen and oxygen atoms in total. The molecule has 0 saturated heterocycles. The monoisotopic (exact) mass is 437 g/mol. The predicted molar refractivity (Wildman–Crippen MR) is 113 cm³/mol. The highest BCUT2D eigenvalue weighted by atomic mass is 79.9. The molecule has 0 amide bonds. The molecule has 0 fully saturated rings. The molecule has 132 valence electrons. The third-order valence-corrected chi connectivity index (χ3v) is 6.63. The fraction of sp³-hybridized carbons (Fsp3) is 0.143. The maximum Gasteiger partial charge on any atom is 0.212 e. The van der Waals surface area contributed by atoms with Crippen molar-refractivity contribution in [3.63, 3.8) is 0 Å². The number of ether oxygens (including phenoxy) is 1. The van der Waals surface area contributed by atoms with Crippen LogP contribution in [0.4, 0.5) is 4.39 Å². The zero-order valence-corrected chi connectivity index (χ0v) is 16.9. The van der Waals surface area contributed by atoms with Gasteiger partial charge in [0.1, 0.15) is 19.4 Å². The number of aromatic nitrogens is 1. The van der Waals surface area contributed by atoms with E-state index in [9.17, 15) is 4.39 Å². The smallest absolute Gasteiger partial charge is 0.212 e. The Morgan fingerprint density at radius 2 is 2.04 bits per heavy atom. The number of benzene rings is 2. The molecule has 1 aliphatic rings. The lowest BCUT2D eigenvalue weighted by atomic mass is 9.93. The molecule has 4 aromatic rings. The lowest BCUT2D eigenvalue weighted by Crippen LogP contribution is -2.23. The first kappa shape index (κ1) is 17.1. The largest absolute Gasteiger partial charge is 0.464 e. The molecule has 6 heteroatoms. The van der Waals surface area contributed by atoms with Gasteiger partial charge in [-0.1, -0.05) is 28.3 Å². The molecule has 27 heavy (non-hydrogen) atoms. The molecule has 2 aromatic carbocycles. The van der Waals surface area contributed by atoms with Crippen molar-refractivity contribution in [3.05, 3.63) is 68.6 Å². The van der Waals surface area contributed by atoms with Crippen molar-refractivity contribution in [1.29, 1.82) is 0 Å². The Balaban J connectivity index is 1.82. The van der Waals surface area contributed by atoms with Gasteiger partial charge in [-0.15, -0.1) is 11.3 Å². The minimum absolute atomic E-state index is 0.349. The van der Waals surface area contributed by atoms with Crippen LogP contribution in [0, 0.1) is 5.82 Å². The second kappa shape index (κ2) is 6.25. The Labute approximate surface area is 170 Å². The minimum atomic E-state index is -0.369. The van der Waals surface area contributed by atoms with E-state index in [-0.39, 0.29) is 12.0 Å². The summed E-state index contributed by atoms with van der Waals surface area (Å²) in [6.45, 7) is 2.14. The zero-order chi connectivity index (χ0) is 18.7. The van der Waals surface area contributed by atoms with E-state index in [0.717, 1.165) is 32.4 Å². The second-order valence-electron chi connectivity index (χ2n) is 6.61. The van der Waals surface area contributed by atoms with Crippen LogP contribution in [-0.4, -0.2) is 12.4 Å². The van der Waals surface area contributed by atoms with Gasteiger partial charge < -0.3 is 4.74 Å². The molecular weight excluding hydrogens is 424 g/mol. The third kappa shape index (κ3) is 2.65. The van der Waals surface area contributed by atoms with Gasteiger partial charge in [0.25, 0.3) is 0 Å². The van der Waals surface area contributed by atoms with Crippen LogP contribution in [0.15, 0.2) is 53.0 Å². The first-order valence-corrected chi connectivity index (χ1v) is 10.3. The number of rotatable bonds is 2. The summed E-state index contributed by atoms with van der Waals surface area (Å²) in [4.78, 5) is 2.38. The molecule has 5 rings (SSSR count). The molecule has 0 saturated carbocycles. The summed E-state index contributed by atoms with van der Waals surface area (Å²) in [5.74, 6) is 0.116. The highest BCUT2D eigenvalue weighted by molar-refractivity contribution is 9.10. The van der Waals surface area contributed by atoms with Crippen LogP contribution in [0.5, 0.6) is 5.75 Å². The molecular formula is C21H14BBrFNOS. The minimum Gasteiger partial charge on any atom is -0.464 e. The molecule has 2 aromatic heterocycles. The summed E-state index contributed by atoms with van der Waals surface area (Å²) < 4.78 is 24.2. The van der Waals surface area contributed by atoms with Gasteiger partial charge in [-0.05, 0) is 55.0 Å². The van der Waals surface area contributed by atoms with Crippen LogP contribution in [0.3, 0.4) is 0 Å². The van der Waals surface area contributed by atoms with Crippen molar-refractivity contribution in [1.82, 2.24) is 4.57 Å². The Hall–Kier alpha value is -2.05. The quantitative estimate of drug-likeness (QED) is 0.374. The highest BCUT2D eigenvalue weighted by Crippen LogP contribution is 2.46. The van der Waals surface area contributed by atoms with Crippen molar-refractivity contribution in [2.24, 2.45) is 0 Å². The second-order valence-corrected chi connectivity index (χ2v) is 8.72. The van der Waals surface area contributed by atoms with Crippen LogP contribution >= 0.6 is 27.3 Å². The van der Waals surface area contributed by atoms with Crippen LogP contribution in [0.1, 0.15) is 22.9 Å². The molecule has 1 aliphatic heterocycles. The molecule has 0 aliphatic carbocycles. The van der Waals surface area contributed by atoms with Crippen molar-refractivity contribution >= 4 is 51.5 Å². The molecule has 1 atom stereocenters. The summed E-state index contributed by atoms with van der Waals surface area (Å²) in [6.07, 6.45) is 0.625. The summed E-state index contributed by atoms with van der Waals surface area (Å²) in [5.41, 5.74) is 2.63. The van der Waals surface area contributed by atoms with Crippen molar-refractivity contribution < 1.29 is 9.13 Å². The Bertz CT molecular complexity index is 1200. The highest BCUT2D eigenvalue weighted by Gasteiger charge is 2.32. The van der Waals surface area contributed by atoms with Crippen molar-refractivity contribution in [3.8, 4) is 17.0 Å². The molecule has 3 heterocycles. The fourth-order valence-corrected chi connectivity index (χ4v) is 5.02. The fourth-order valence-electron chi connectivity index (χ4n) is 3.67. The molecule has 0 N–H and O–H groups in total. The molecule has 1 unspecified atom stereocenters. The van der Waals surface area contributed by atoms with E-state index < -0.39 is 0 Å². The van der Waals surface area contributed by atoms with Gasteiger partial charge >= 0.3 is 0 Å². The Kier molecular flexibility index (Phi) is 3.95. The number of thiophene rings is 1. The van der Waals surface area contributed by atoms with Gasteiger partial charge in [-0.25, -0.2) is 4.39 Å². The summed E-state index contributed by atoms with van der Waals surface area (Å²) in [5, 5.41) is 1.03. The van der Waals surface area contributed by atoms with E-state index in [2.05, 4.69) is 39.6 Å². The van der Waals surface area contributed by atoms with E-state index >= 15 is 0 Å². The predicted octanol–water partition coefficient (Wildman–Crippen LogP) is 5.57. The number of nitrogens with zero attached hydrogens (tertiary/aromatic N) is 1. The van der Waals surface area contributed by atoms with Gasteiger partial charge in [0.15, 0.2) is 0 Å². The molecule has 0 bridgehead atoms.